The molecule has 3 N–H and O–H groups in total. The molecule has 0 radical (unpaired) electrons. The van der Waals surface area contributed by atoms with Gasteiger partial charge in [0.15, 0.2) is 11.6 Å². The van der Waals surface area contributed by atoms with Crippen LogP contribution >= 0.6 is 0 Å². The minimum absolute atomic E-state index is 0.182. The van der Waals surface area contributed by atoms with E-state index in [1.54, 1.807) is 12.1 Å². The summed E-state index contributed by atoms with van der Waals surface area (Å²) in [4.78, 5) is 19.6. The average Bonchev–Trinajstić information content (AvgIpc) is 3.09. The molecule has 28 heavy (non-hydrogen) atoms. The van der Waals surface area contributed by atoms with E-state index in [0.717, 1.165) is 28.6 Å². The highest BCUT2D eigenvalue weighted by Gasteiger charge is 2.09. The van der Waals surface area contributed by atoms with Crippen molar-refractivity contribution in [2.45, 2.75) is 6.42 Å². The van der Waals surface area contributed by atoms with E-state index < -0.39 is 11.6 Å². The number of carbonyl (C=O) groups excluding carboxylic acids is 1. The molecule has 0 fully saturated rings. The molecule has 0 unspecified atom stereocenters. The maximum absolute atomic E-state index is 13.3. The molecule has 0 aliphatic carbocycles. The average molecular weight is 378 g/mol. The van der Waals surface area contributed by atoms with Crippen LogP contribution in [0.5, 0.6) is 0 Å². The molecule has 2 aromatic heterocycles. The summed E-state index contributed by atoms with van der Waals surface area (Å²) in [5.74, 6) is -1.62. The number of fused-ring (bicyclic) bond motifs is 1. The summed E-state index contributed by atoms with van der Waals surface area (Å²) in [6.45, 7) is 0. The van der Waals surface area contributed by atoms with Gasteiger partial charge in [0.25, 0.3) is 0 Å². The van der Waals surface area contributed by atoms with E-state index in [1.807, 2.05) is 30.5 Å². The van der Waals surface area contributed by atoms with E-state index >= 15 is 0 Å². The molecule has 5 nitrogen and oxygen atoms in total. The molecule has 0 saturated heterocycles. The van der Waals surface area contributed by atoms with Crippen molar-refractivity contribution in [3.8, 4) is 0 Å². The molecule has 7 heteroatoms. The largest absolute Gasteiger partial charge is 0.361 e. The fourth-order valence-corrected chi connectivity index (χ4v) is 2.92. The van der Waals surface area contributed by atoms with Gasteiger partial charge in [0.1, 0.15) is 5.82 Å². The number of H-pyrrole nitrogens is 1. The Balaban J connectivity index is 1.39. The number of benzene rings is 2. The van der Waals surface area contributed by atoms with Gasteiger partial charge in [-0.15, -0.1) is 0 Å². The van der Waals surface area contributed by atoms with Gasteiger partial charge in [0.2, 0.25) is 5.91 Å². The minimum Gasteiger partial charge on any atom is -0.361 e. The van der Waals surface area contributed by atoms with Crippen molar-refractivity contribution in [1.29, 1.82) is 0 Å². The third-order valence-corrected chi connectivity index (χ3v) is 4.27. The molecule has 0 aliphatic rings. The number of aromatic nitrogens is 2. The molecule has 2 heterocycles. The molecule has 0 aliphatic heterocycles. The first kappa shape index (κ1) is 17.7. The van der Waals surface area contributed by atoms with Crippen molar-refractivity contribution in [1.82, 2.24) is 9.97 Å². The number of carbonyl (C=O) groups is 1. The predicted molar refractivity (Wildman–Crippen MR) is 105 cm³/mol. The number of nitrogens with one attached hydrogen (secondary N) is 3. The van der Waals surface area contributed by atoms with Crippen molar-refractivity contribution in [2.24, 2.45) is 0 Å². The van der Waals surface area contributed by atoms with Gasteiger partial charge in [-0.2, -0.15) is 0 Å². The number of hydrogen-bond acceptors (Lipinski definition) is 3. The number of aromatic amines is 1. The first-order valence-corrected chi connectivity index (χ1v) is 8.61. The van der Waals surface area contributed by atoms with Crippen molar-refractivity contribution in [3.63, 3.8) is 0 Å². The molecular formula is C21H16F2N4O. The van der Waals surface area contributed by atoms with Gasteiger partial charge < -0.3 is 15.6 Å². The number of pyridine rings is 1. The normalized spacial score (nSPS) is 10.8. The quantitative estimate of drug-likeness (QED) is 0.469. The summed E-state index contributed by atoms with van der Waals surface area (Å²) in [7, 11) is 0. The minimum atomic E-state index is -0.931. The van der Waals surface area contributed by atoms with Crippen molar-refractivity contribution in [3.05, 3.63) is 84.2 Å². The second kappa shape index (κ2) is 7.48. The van der Waals surface area contributed by atoms with Crippen LogP contribution in [0.15, 0.2) is 67.0 Å². The Hall–Kier alpha value is -3.74. The van der Waals surface area contributed by atoms with E-state index in [4.69, 9.17) is 0 Å². The van der Waals surface area contributed by atoms with Crippen LogP contribution in [0.1, 0.15) is 5.56 Å². The highest BCUT2D eigenvalue weighted by atomic mass is 19.2. The monoisotopic (exact) mass is 378 g/mol. The highest BCUT2D eigenvalue weighted by Crippen LogP contribution is 2.20. The maximum Gasteiger partial charge on any atom is 0.230 e. The Kier molecular flexibility index (Phi) is 4.72. The molecule has 0 atom stereocenters. The van der Waals surface area contributed by atoms with Gasteiger partial charge in [0.05, 0.1) is 18.3 Å². The van der Waals surface area contributed by atoms with Crippen LogP contribution in [-0.2, 0) is 11.2 Å². The second-order valence-electron chi connectivity index (χ2n) is 6.27. The van der Waals surface area contributed by atoms with Crippen molar-refractivity contribution in [2.75, 3.05) is 10.6 Å². The van der Waals surface area contributed by atoms with Crippen LogP contribution in [-0.4, -0.2) is 15.9 Å². The first-order chi connectivity index (χ1) is 13.6. The summed E-state index contributed by atoms with van der Waals surface area (Å²) in [6, 6.07) is 14.6. The molecule has 140 valence electrons. The van der Waals surface area contributed by atoms with Crippen molar-refractivity contribution >= 4 is 34.0 Å². The number of amides is 1. The zero-order chi connectivity index (χ0) is 19.5. The van der Waals surface area contributed by atoms with Crippen LogP contribution in [0.2, 0.25) is 0 Å². The number of rotatable bonds is 5. The maximum atomic E-state index is 13.3. The van der Waals surface area contributed by atoms with Gasteiger partial charge >= 0.3 is 0 Å². The standard InChI is InChI=1S/C21H16F2N4O/c22-17-7-5-14(10-18(17)23)26-15-6-8-20(25-12-15)27-21(28)9-13-11-24-19-4-2-1-3-16(13)19/h1-8,10-12,24,26H,9H2,(H,25,27,28). The summed E-state index contributed by atoms with van der Waals surface area (Å²) >= 11 is 0. The van der Waals surface area contributed by atoms with Crippen molar-refractivity contribution < 1.29 is 13.6 Å². The Labute approximate surface area is 159 Å². The van der Waals surface area contributed by atoms with Crippen LogP contribution in [0.4, 0.5) is 26.0 Å². The summed E-state index contributed by atoms with van der Waals surface area (Å²) < 4.78 is 26.2. The van der Waals surface area contributed by atoms with Crippen LogP contribution < -0.4 is 10.6 Å². The Morgan fingerprint density at radius 3 is 2.61 bits per heavy atom. The number of hydrogen-bond donors (Lipinski definition) is 3. The molecular weight excluding hydrogens is 362 g/mol. The van der Waals surface area contributed by atoms with Gasteiger partial charge in [-0.1, -0.05) is 18.2 Å². The lowest BCUT2D eigenvalue weighted by Gasteiger charge is -2.08. The van der Waals surface area contributed by atoms with Crippen LogP contribution in [0, 0.1) is 11.6 Å². The van der Waals surface area contributed by atoms with E-state index in [9.17, 15) is 13.6 Å². The van der Waals surface area contributed by atoms with E-state index in [2.05, 4.69) is 20.6 Å². The van der Waals surface area contributed by atoms with Gasteiger partial charge in [-0.25, -0.2) is 13.8 Å². The smallest absolute Gasteiger partial charge is 0.230 e. The number of para-hydroxylation sites is 1. The summed E-state index contributed by atoms with van der Waals surface area (Å²) in [6.07, 6.45) is 3.55. The second-order valence-corrected chi connectivity index (χ2v) is 6.27. The highest BCUT2D eigenvalue weighted by molar-refractivity contribution is 5.95. The molecule has 0 saturated carbocycles. The molecule has 4 rings (SSSR count). The summed E-state index contributed by atoms with van der Waals surface area (Å²) in [5.41, 5.74) is 2.87. The van der Waals surface area contributed by atoms with E-state index in [-0.39, 0.29) is 12.3 Å². The first-order valence-electron chi connectivity index (χ1n) is 8.61. The molecule has 0 spiro atoms. The van der Waals surface area contributed by atoms with E-state index in [1.165, 1.54) is 12.3 Å². The molecule has 1 amide bonds. The van der Waals surface area contributed by atoms with Gasteiger partial charge in [-0.3, -0.25) is 4.79 Å². The Bertz CT molecular complexity index is 1140. The van der Waals surface area contributed by atoms with Crippen LogP contribution in [0.25, 0.3) is 10.9 Å². The number of halogens is 2. The SMILES string of the molecule is O=C(Cc1c[nH]c2ccccc12)Nc1ccc(Nc2ccc(F)c(F)c2)cn1. The molecule has 4 aromatic rings. The van der Waals surface area contributed by atoms with Crippen LogP contribution in [0.3, 0.4) is 0 Å². The van der Waals surface area contributed by atoms with Gasteiger partial charge in [-0.05, 0) is 35.9 Å². The predicted octanol–water partition coefficient (Wildman–Crippen LogP) is 4.77. The van der Waals surface area contributed by atoms with Gasteiger partial charge in [0, 0.05) is 28.9 Å². The zero-order valence-electron chi connectivity index (χ0n) is 14.7. The third kappa shape index (κ3) is 3.83. The summed E-state index contributed by atoms with van der Waals surface area (Å²) in [5, 5.41) is 6.69. The molecule has 2 aromatic carbocycles. The lowest BCUT2D eigenvalue weighted by atomic mass is 10.1. The third-order valence-electron chi connectivity index (χ3n) is 4.27. The fourth-order valence-electron chi connectivity index (χ4n) is 2.92. The lowest BCUT2D eigenvalue weighted by molar-refractivity contribution is -0.115. The molecule has 0 bridgehead atoms. The topological polar surface area (TPSA) is 69.8 Å². The number of nitrogens with zero attached hydrogens (tertiary/aromatic N) is 1. The Morgan fingerprint density at radius 1 is 1.00 bits per heavy atom. The fraction of sp³-hybridized carbons (Fsp3) is 0.0476. The Morgan fingerprint density at radius 2 is 1.82 bits per heavy atom. The number of anilines is 3. The van der Waals surface area contributed by atoms with E-state index in [0.29, 0.717) is 17.2 Å². The lowest BCUT2D eigenvalue weighted by Crippen LogP contribution is -2.15. The zero-order valence-corrected chi connectivity index (χ0v) is 14.7.